The van der Waals surface area contributed by atoms with Crippen molar-refractivity contribution in [3.05, 3.63) is 53.6 Å². The fourth-order valence-corrected chi connectivity index (χ4v) is 2.71. The number of urea groups is 1. The van der Waals surface area contributed by atoms with Crippen LogP contribution in [-0.4, -0.2) is 37.1 Å². The number of amides is 2. The smallest absolute Gasteiger partial charge is 0.321 e. The molecule has 23 heavy (non-hydrogen) atoms. The van der Waals surface area contributed by atoms with Crippen molar-refractivity contribution < 1.29 is 4.79 Å². The largest absolute Gasteiger partial charge is 0.399 e. The van der Waals surface area contributed by atoms with Crippen molar-refractivity contribution >= 4 is 34.7 Å². The molecule has 3 N–H and O–H groups in total. The molecule has 1 fully saturated rings. The standard InChI is InChI=1S/C17H19ClN4O/c18-13-1-5-15(6-2-13)20-17(23)22-11-9-21(10-12-22)16-7-3-14(19)4-8-16/h1-8H,9-12,19H2,(H,20,23). The van der Waals surface area contributed by atoms with E-state index < -0.39 is 0 Å². The number of anilines is 3. The molecule has 120 valence electrons. The van der Waals surface area contributed by atoms with Gasteiger partial charge < -0.3 is 20.9 Å². The van der Waals surface area contributed by atoms with E-state index in [9.17, 15) is 4.79 Å². The highest BCUT2D eigenvalue weighted by Crippen LogP contribution is 2.19. The number of carbonyl (C=O) groups excluding carboxylic acids is 1. The van der Waals surface area contributed by atoms with Gasteiger partial charge in [0, 0.05) is 48.3 Å². The zero-order valence-corrected chi connectivity index (χ0v) is 13.5. The van der Waals surface area contributed by atoms with E-state index in [1.165, 1.54) is 0 Å². The lowest BCUT2D eigenvalue weighted by Gasteiger charge is -2.36. The first kappa shape index (κ1) is 15.5. The van der Waals surface area contributed by atoms with E-state index in [1.54, 1.807) is 24.3 Å². The molecule has 1 heterocycles. The van der Waals surface area contributed by atoms with Gasteiger partial charge in [-0.25, -0.2) is 4.79 Å². The summed E-state index contributed by atoms with van der Waals surface area (Å²) in [6.07, 6.45) is 0. The second-order valence-electron chi connectivity index (χ2n) is 5.50. The molecular formula is C17H19ClN4O. The van der Waals surface area contributed by atoms with Crippen molar-refractivity contribution in [1.82, 2.24) is 4.90 Å². The third kappa shape index (κ3) is 3.87. The molecule has 3 rings (SSSR count). The van der Waals surface area contributed by atoms with Crippen LogP contribution in [0.2, 0.25) is 5.02 Å². The van der Waals surface area contributed by atoms with E-state index in [4.69, 9.17) is 17.3 Å². The Bertz CT molecular complexity index is 664. The summed E-state index contributed by atoms with van der Waals surface area (Å²) >= 11 is 5.84. The molecule has 0 atom stereocenters. The lowest BCUT2D eigenvalue weighted by Crippen LogP contribution is -2.50. The monoisotopic (exact) mass is 330 g/mol. The van der Waals surface area contributed by atoms with Gasteiger partial charge in [-0.05, 0) is 48.5 Å². The van der Waals surface area contributed by atoms with E-state index in [1.807, 2.05) is 29.2 Å². The Morgan fingerprint density at radius 3 is 2.17 bits per heavy atom. The zero-order valence-electron chi connectivity index (χ0n) is 12.7. The van der Waals surface area contributed by atoms with Gasteiger partial charge in [0.05, 0.1) is 0 Å². The van der Waals surface area contributed by atoms with Gasteiger partial charge in [0.15, 0.2) is 0 Å². The molecule has 6 heteroatoms. The van der Waals surface area contributed by atoms with Crippen molar-refractivity contribution in [3.8, 4) is 0 Å². The molecule has 0 saturated carbocycles. The Balaban J connectivity index is 1.54. The van der Waals surface area contributed by atoms with Crippen LogP contribution in [0.1, 0.15) is 0 Å². The van der Waals surface area contributed by atoms with Gasteiger partial charge in [-0.2, -0.15) is 0 Å². The first-order chi connectivity index (χ1) is 11.1. The molecule has 1 saturated heterocycles. The van der Waals surface area contributed by atoms with Gasteiger partial charge in [0.1, 0.15) is 0 Å². The highest BCUT2D eigenvalue weighted by atomic mass is 35.5. The zero-order chi connectivity index (χ0) is 16.2. The van der Waals surface area contributed by atoms with Gasteiger partial charge in [-0.1, -0.05) is 11.6 Å². The number of nitrogens with two attached hydrogens (primary N) is 1. The molecule has 1 aliphatic heterocycles. The second-order valence-corrected chi connectivity index (χ2v) is 5.94. The SMILES string of the molecule is Nc1ccc(N2CCN(C(=O)Nc3ccc(Cl)cc3)CC2)cc1. The number of halogens is 1. The van der Waals surface area contributed by atoms with Crippen molar-refractivity contribution in [2.24, 2.45) is 0 Å². The summed E-state index contributed by atoms with van der Waals surface area (Å²) in [4.78, 5) is 16.4. The summed E-state index contributed by atoms with van der Waals surface area (Å²) in [6, 6.07) is 14.9. The summed E-state index contributed by atoms with van der Waals surface area (Å²) in [5, 5.41) is 3.55. The van der Waals surface area contributed by atoms with Crippen LogP contribution in [0.25, 0.3) is 0 Å². The second kappa shape index (κ2) is 6.79. The van der Waals surface area contributed by atoms with E-state index in [0.29, 0.717) is 18.1 Å². The van der Waals surface area contributed by atoms with Crippen LogP contribution in [0.3, 0.4) is 0 Å². The maximum atomic E-state index is 12.3. The summed E-state index contributed by atoms with van der Waals surface area (Å²) in [5.41, 5.74) is 8.36. The quantitative estimate of drug-likeness (QED) is 0.831. The molecule has 5 nitrogen and oxygen atoms in total. The molecule has 0 aliphatic carbocycles. The molecule has 2 aromatic rings. The van der Waals surface area contributed by atoms with Crippen molar-refractivity contribution in [2.45, 2.75) is 0 Å². The van der Waals surface area contributed by atoms with Crippen LogP contribution in [-0.2, 0) is 0 Å². The summed E-state index contributed by atoms with van der Waals surface area (Å²) < 4.78 is 0. The van der Waals surface area contributed by atoms with Crippen LogP contribution < -0.4 is 16.0 Å². The topological polar surface area (TPSA) is 61.6 Å². The van der Waals surface area contributed by atoms with Gasteiger partial charge in [0.25, 0.3) is 0 Å². The van der Waals surface area contributed by atoms with E-state index >= 15 is 0 Å². The van der Waals surface area contributed by atoms with Gasteiger partial charge in [0.2, 0.25) is 0 Å². The summed E-state index contributed by atoms with van der Waals surface area (Å²) in [5.74, 6) is 0. The average Bonchev–Trinajstić information content (AvgIpc) is 2.58. The number of hydrogen-bond acceptors (Lipinski definition) is 3. The van der Waals surface area contributed by atoms with E-state index in [-0.39, 0.29) is 6.03 Å². The highest BCUT2D eigenvalue weighted by molar-refractivity contribution is 6.30. The molecule has 0 bridgehead atoms. The Labute approximate surface area is 140 Å². The third-order valence-corrected chi connectivity index (χ3v) is 4.17. The molecule has 0 unspecified atom stereocenters. The minimum absolute atomic E-state index is 0.0794. The number of rotatable bonds is 2. The first-order valence-electron chi connectivity index (χ1n) is 7.54. The average molecular weight is 331 g/mol. The minimum atomic E-state index is -0.0794. The lowest BCUT2D eigenvalue weighted by molar-refractivity contribution is 0.208. The number of nitrogens with one attached hydrogen (secondary N) is 1. The number of benzene rings is 2. The first-order valence-corrected chi connectivity index (χ1v) is 7.91. The third-order valence-electron chi connectivity index (χ3n) is 3.92. The molecule has 2 amide bonds. The van der Waals surface area contributed by atoms with Crippen molar-refractivity contribution in [2.75, 3.05) is 42.1 Å². The van der Waals surface area contributed by atoms with Crippen molar-refractivity contribution in [3.63, 3.8) is 0 Å². The van der Waals surface area contributed by atoms with E-state index in [0.717, 1.165) is 30.2 Å². The summed E-state index contributed by atoms with van der Waals surface area (Å²) in [7, 11) is 0. The number of piperazine rings is 1. The summed E-state index contributed by atoms with van der Waals surface area (Å²) in [6.45, 7) is 2.98. The number of nitrogens with zero attached hydrogens (tertiary/aromatic N) is 2. The Morgan fingerprint density at radius 2 is 1.57 bits per heavy atom. The van der Waals surface area contributed by atoms with Crippen LogP contribution in [0.5, 0.6) is 0 Å². The molecule has 0 radical (unpaired) electrons. The van der Waals surface area contributed by atoms with Crippen molar-refractivity contribution in [1.29, 1.82) is 0 Å². The number of carbonyl (C=O) groups is 1. The molecule has 1 aliphatic rings. The van der Waals surface area contributed by atoms with Gasteiger partial charge in [-0.15, -0.1) is 0 Å². The predicted octanol–water partition coefficient (Wildman–Crippen LogP) is 3.28. The van der Waals surface area contributed by atoms with E-state index in [2.05, 4.69) is 10.2 Å². The lowest BCUT2D eigenvalue weighted by atomic mass is 10.2. The highest BCUT2D eigenvalue weighted by Gasteiger charge is 2.21. The number of nitrogen functional groups attached to an aromatic ring is 1. The minimum Gasteiger partial charge on any atom is -0.399 e. The fourth-order valence-electron chi connectivity index (χ4n) is 2.59. The molecule has 2 aromatic carbocycles. The number of hydrogen-bond donors (Lipinski definition) is 2. The normalized spacial score (nSPS) is 14.7. The van der Waals surface area contributed by atoms with Crippen LogP contribution >= 0.6 is 11.6 Å². The van der Waals surface area contributed by atoms with Gasteiger partial charge in [-0.3, -0.25) is 0 Å². The fraction of sp³-hybridized carbons (Fsp3) is 0.235. The maximum absolute atomic E-state index is 12.3. The van der Waals surface area contributed by atoms with Crippen LogP contribution in [0.4, 0.5) is 21.9 Å². The van der Waals surface area contributed by atoms with Gasteiger partial charge >= 0.3 is 6.03 Å². The molecule has 0 spiro atoms. The Morgan fingerprint density at radius 1 is 0.957 bits per heavy atom. The van der Waals surface area contributed by atoms with Crippen LogP contribution in [0, 0.1) is 0 Å². The maximum Gasteiger partial charge on any atom is 0.321 e. The van der Waals surface area contributed by atoms with Crippen LogP contribution in [0.15, 0.2) is 48.5 Å². The Hall–Kier alpha value is -2.40. The predicted molar refractivity (Wildman–Crippen MR) is 95.1 cm³/mol. The molecular weight excluding hydrogens is 312 g/mol. The molecule has 0 aromatic heterocycles. The Kier molecular flexibility index (Phi) is 4.57.